The molecule has 3 heterocycles. The summed E-state index contributed by atoms with van der Waals surface area (Å²) in [7, 11) is 4.83. The molecular formula is C41H52N4O11. The first-order chi connectivity index (χ1) is 26.6. The van der Waals surface area contributed by atoms with E-state index in [0.29, 0.717) is 5.56 Å². The van der Waals surface area contributed by atoms with Gasteiger partial charge in [0.1, 0.15) is 48.3 Å². The van der Waals surface area contributed by atoms with Crippen molar-refractivity contribution in [3.05, 3.63) is 77.4 Å². The van der Waals surface area contributed by atoms with E-state index in [1.807, 2.05) is 54.6 Å². The molecule has 2 aromatic carbocycles. The normalized spacial score (nSPS) is 26.6. The van der Waals surface area contributed by atoms with Crippen LogP contribution in [0.3, 0.4) is 0 Å². The number of nitrogens with one attached hydrogen (secondary N) is 1. The average Bonchev–Trinajstić information content (AvgIpc) is 3.79. The smallest absolute Gasteiger partial charge is 0.327 e. The molecule has 56 heavy (non-hydrogen) atoms. The fraction of sp³-hybridized carbons (Fsp3) is 0.537. The minimum absolute atomic E-state index is 0.0421. The van der Waals surface area contributed by atoms with Crippen LogP contribution in [0.25, 0.3) is 6.08 Å². The van der Waals surface area contributed by atoms with Crippen LogP contribution in [-0.2, 0) is 60.7 Å². The van der Waals surface area contributed by atoms with Gasteiger partial charge in [-0.15, -0.1) is 0 Å². The number of nitrogens with zero attached hydrogens (tertiary/aromatic N) is 3. The molecule has 0 unspecified atom stereocenters. The van der Waals surface area contributed by atoms with Crippen molar-refractivity contribution in [3.8, 4) is 0 Å². The first kappa shape index (κ1) is 41.0. The molecule has 3 aliphatic heterocycles. The number of carbonyl (C=O) groups excluding carboxylic acids is 5. The van der Waals surface area contributed by atoms with Crippen LogP contribution in [0, 0.1) is 5.41 Å². The second kappa shape index (κ2) is 16.8. The second-order valence-corrected chi connectivity index (χ2v) is 16.0. The number of benzene rings is 2. The molecule has 6 rings (SSSR count). The Bertz CT molecular complexity index is 1810. The lowest BCUT2D eigenvalue weighted by atomic mass is 9.62. The van der Waals surface area contributed by atoms with Crippen molar-refractivity contribution in [1.29, 1.82) is 0 Å². The Hall–Kier alpha value is -4.67. The molecule has 15 nitrogen and oxygen atoms in total. The quantitative estimate of drug-likeness (QED) is 0.212. The monoisotopic (exact) mass is 776 g/mol. The van der Waals surface area contributed by atoms with Crippen LogP contribution in [-0.4, -0.2) is 132 Å². The molecule has 302 valence electrons. The number of hydroxylamine groups is 2. The summed E-state index contributed by atoms with van der Waals surface area (Å²) in [6.45, 7) is 4.80. The Balaban J connectivity index is 1.32. The van der Waals surface area contributed by atoms with Crippen LogP contribution in [0.1, 0.15) is 56.7 Å². The van der Waals surface area contributed by atoms with Gasteiger partial charge in [-0.1, -0.05) is 54.6 Å². The number of amides is 3. The van der Waals surface area contributed by atoms with Gasteiger partial charge in [0.25, 0.3) is 0 Å². The summed E-state index contributed by atoms with van der Waals surface area (Å²) >= 11 is 0. The number of esters is 2. The number of aliphatic hydroxyl groups excluding tert-OH is 1. The van der Waals surface area contributed by atoms with Crippen molar-refractivity contribution in [2.75, 3.05) is 34.5 Å². The van der Waals surface area contributed by atoms with E-state index < -0.39 is 83.9 Å². The summed E-state index contributed by atoms with van der Waals surface area (Å²) in [5, 5.41) is 14.6. The minimum Gasteiger partial charge on any atom is -0.460 e. The number of aliphatic hydroxyl groups is 1. The highest BCUT2D eigenvalue weighted by molar-refractivity contribution is 5.96. The third-order valence-electron chi connectivity index (χ3n) is 10.7. The molecule has 0 aromatic heterocycles. The number of fused-ring (bicyclic) bond motifs is 4. The molecule has 2 N–H and O–H groups in total. The van der Waals surface area contributed by atoms with E-state index in [4.69, 9.17) is 23.8 Å². The molecule has 3 saturated heterocycles. The maximum absolute atomic E-state index is 15.3. The number of hydrogen-bond acceptors (Lipinski definition) is 12. The van der Waals surface area contributed by atoms with E-state index in [-0.39, 0.29) is 44.9 Å². The third-order valence-corrected chi connectivity index (χ3v) is 10.7. The molecule has 3 amide bonds. The molecule has 4 aliphatic rings. The highest BCUT2D eigenvalue weighted by Crippen LogP contribution is 2.56. The highest BCUT2D eigenvalue weighted by Gasteiger charge is 2.75. The molecule has 0 spiro atoms. The second-order valence-electron chi connectivity index (χ2n) is 16.0. The van der Waals surface area contributed by atoms with Crippen molar-refractivity contribution >= 4 is 35.7 Å². The van der Waals surface area contributed by atoms with Crippen molar-refractivity contribution < 1.29 is 52.9 Å². The molecular weight excluding hydrogens is 724 g/mol. The van der Waals surface area contributed by atoms with Gasteiger partial charge in [-0.2, -0.15) is 5.06 Å². The fourth-order valence-corrected chi connectivity index (χ4v) is 8.04. The number of carbonyl (C=O) groups is 5. The first-order valence-electron chi connectivity index (χ1n) is 18.9. The van der Waals surface area contributed by atoms with Crippen molar-refractivity contribution in [2.45, 2.75) is 101 Å². The van der Waals surface area contributed by atoms with Gasteiger partial charge in [0.2, 0.25) is 17.7 Å². The van der Waals surface area contributed by atoms with E-state index in [9.17, 15) is 24.3 Å². The van der Waals surface area contributed by atoms with Crippen LogP contribution >= 0.6 is 0 Å². The largest absolute Gasteiger partial charge is 0.460 e. The molecule has 8 atom stereocenters. The zero-order chi connectivity index (χ0) is 40.4. The Morgan fingerprint density at radius 3 is 2.43 bits per heavy atom. The Labute approximate surface area is 326 Å². The zero-order valence-corrected chi connectivity index (χ0v) is 32.7. The Kier molecular flexibility index (Phi) is 12.3. The van der Waals surface area contributed by atoms with E-state index in [1.165, 1.54) is 28.0 Å². The third kappa shape index (κ3) is 8.51. The van der Waals surface area contributed by atoms with Crippen molar-refractivity contribution in [2.24, 2.45) is 5.41 Å². The molecule has 2 bridgehead atoms. The van der Waals surface area contributed by atoms with Gasteiger partial charge in [0, 0.05) is 46.5 Å². The van der Waals surface area contributed by atoms with Crippen LogP contribution in [0.2, 0.25) is 0 Å². The van der Waals surface area contributed by atoms with Gasteiger partial charge >= 0.3 is 11.9 Å². The summed E-state index contributed by atoms with van der Waals surface area (Å²) in [4.78, 5) is 78.0. The van der Waals surface area contributed by atoms with Gasteiger partial charge in [0.05, 0.1) is 19.2 Å². The zero-order valence-electron chi connectivity index (χ0n) is 32.7. The minimum atomic E-state index is -1.54. The van der Waals surface area contributed by atoms with Gasteiger partial charge in [-0.25, -0.2) is 0 Å². The average molecular weight is 777 g/mol. The van der Waals surface area contributed by atoms with Crippen molar-refractivity contribution in [1.82, 2.24) is 20.2 Å². The molecule has 2 aromatic rings. The molecule has 1 saturated carbocycles. The summed E-state index contributed by atoms with van der Waals surface area (Å²) in [6, 6.07) is 13.4. The van der Waals surface area contributed by atoms with Gasteiger partial charge < -0.3 is 39.2 Å². The standard InChI is InChI=1S/C41H52N4O11/c1-40(2,3)55-32(48)19-17-28(23-46)42-37(49)29(20-25-12-8-7-9-13-25)44(6)39(51)41-21-30-33-34(53-24-52-33)36(41)56-45(35(41)38(50)54-30)22-27-15-11-10-14-26(27)16-18-31(47)43(4)5/h7-16,18,28-30,33-36,46H,17,19-24H2,1-6H3,(H,42,49)/t28-,29+,30+,33-,34-,35-,36+,41-/m0/s1. The lowest BCUT2D eigenvalue weighted by Crippen LogP contribution is -2.70. The van der Waals surface area contributed by atoms with Crippen LogP contribution in [0.15, 0.2) is 60.7 Å². The molecule has 15 heteroatoms. The SMILES string of the molecule is CN(C)C(=O)C=Cc1ccccc1CN1O[C@@H]2[C@H]3OCO[C@H]3[C@H]3C[C@]2(C(=O)N(C)[C@H](Cc2ccccc2)C(=O)N[C@H](CO)CCC(=O)OC(C)(C)C)[C@@H]1C(=O)O3. The molecule has 1 aliphatic carbocycles. The highest BCUT2D eigenvalue weighted by atomic mass is 16.8. The number of rotatable bonds is 14. The van der Waals surface area contributed by atoms with Gasteiger partial charge in [0.15, 0.2) is 6.04 Å². The maximum Gasteiger partial charge on any atom is 0.327 e. The Morgan fingerprint density at radius 2 is 1.73 bits per heavy atom. The lowest BCUT2D eigenvalue weighted by Gasteiger charge is -2.50. The predicted molar refractivity (Wildman–Crippen MR) is 201 cm³/mol. The van der Waals surface area contributed by atoms with Crippen LogP contribution in [0.5, 0.6) is 0 Å². The van der Waals surface area contributed by atoms with Crippen LogP contribution < -0.4 is 5.32 Å². The van der Waals surface area contributed by atoms with Crippen LogP contribution in [0.4, 0.5) is 0 Å². The predicted octanol–water partition coefficient (Wildman–Crippen LogP) is 2.00. The molecule has 0 radical (unpaired) electrons. The number of likely N-dealkylation sites (N-methyl/N-ethyl adjacent to an activating group) is 2. The number of ether oxygens (including phenoxy) is 4. The topological polar surface area (TPSA) is 173 Å². The van der Waals surface area contributed by atoms with E-state index in [0.717, 1.165) is 11.1 Å². The maximum atomic E-state index is 15.3. The molecule has 4 fully saturated rings. The summed E-state index contributed by atoms with van der Waals surface area (Å²) in [6.07, 6.45) is 0.182. The van der Waals surface area contributed by atoms with E-state index in [1.54, 1.807) is 40.9 Å². The van der Waals surface area contributed by atoms with E-state index in [2.05, 4.69) is 5.32 Å². The summed E-state index contributed by atoms with van der Waals surface area (Å²) in [5.74, 6) is -2.40. The number of hydrogen-bond donors (Lipinski definition) is 2. The Morgan fingerprint density at radius 1 is 1.04 bits per heavy atom. The first-order valence-corrected chi connectivity index (χ1v) is 18.9. The fourth-order valence-electron chi connectivity index (χ4n) is 8.04. The lowest BCUT2D eigenvalue weighted by molar-refractivity contribution is -0.204. The van der Waals surface area contributed by atoms with Gasteiger partial charge in [-0.05, 0) is 50.0 Å². The summed E-state index contributed by atoms with van der Waals surface area (Å²) < 4.78 is 23.3. The summed E-state index contributed by atoms with van der Waals surface area (Å²) in [5.41, 5.74) is -0.0261. The van der Waals surface area contributed by atoms with Crippen molar-refractivity contribution in [3.63, 3.8) is 0 Å². The van der Waals surface area contributed by atoms with E-state index >= 15 is 4.79 Å². The van der Waals surface area contributed by atoms with Gasteiger partial charge in [-0.3, -0.25) is 28.8 Å².